The van der Waals surface area contributed by atoms with Crippen molar-refractivity contribution < 1.29 is 10.2 Å². The quantitative estimate of drug-likeness (QED) is 0.625. The number of aromatic hydroxyl groups is 2. The first kappa shape index (κ1) is 16.5. The summed E-state index contributed by atoms with van der Waals surface area (Å²) >= 11 is 5.91. The molecule has 7 nitrogen and oxygen atoms in total. The number of H-pyrrole nitrogens is 1. The number of nitrogens with zero attached hydrogens (tertiary/aromatic N) is 2. The van der Waals surface area contributed by atoms with Crippen LogP contribution in [0.5, 0.6) is 11.6 Å². The highest BCUT2D eigenvalue weighted by Gasteiger charge is 2.14. The summed E-state index contributed by atoms with van der Waals surface area (Å²) in [6.07, 6.45) is 1.14. The lowest BCUT2D eigenvalue weighted by molar-refractivity contribution is 0.430. The Kier molecular flexibility index (Phi) is 4.40. The number of aromatic nitrogens is 2. The largest absolute Gasteiger partial charge is 0.508 e. The highest BCUT2D eigenvalue weighted by atomic mass is 35.5. The number of aromatic amines is 1. The zero-order valence-corrected chi connectivity index (χ0v) is 13.4. The summed E-state index contributed by atoms with van der Waals surface area (Å²) in [4.78, 5) is 30.3. The molecule has 1 aromatic heterocycles. The van der Waals surface area contributed by atoms with Gasteiger partial charge in [-0.3, -0.25) is 14.8 Å². The minimum absolute atomic E-state index is 0.0779. The highest BCUT2D eigenvalue weighted by molar-refractivity contribution is 6.30. The van der Waals surface area contributed by atoms with Crippen LogP contribution in [-0.2, 0) is 0 Å². The Hall–Kier alpha value is -3.32. The topological polar surface area (TPSA) is 108 Å². The Bertz CT molecular complexity index is 1070. The van der Waals surface area contributed by atoms with E-state index in [1.165, 1.54) is 30.3 Å². The van der Waals surface area contributed by atoms with Gasteiger partial charge in [0.2, 0.25) is 5.88 Å². The Balaban J connectivity index is 2.12. The first-order valence-corrected chi connectivity index (χ1v) is 7.51. The number of rotatable bonds is 3. The number of phenolic OH excluding ortho intramolecular Hbond substituents is 1. The zero-order chi connectivity index (χ0) is 18.0. The van der Waals surface area contributed by atoms with Crippen molar-refractivity contribution in [3.63, 3.8) is 0 Å². The van der Waals surface area contributed by atoms with Crippen LogP contribution in [-0.4, -0.2) is 26.0 Å². The van der Waals surface area contributed by atoms with E-state index in [0.717, 1.165) is 10.8 Å². The van der Waals surface area contributed by atoms with E-state index >= 15 is 0 Å². The van der Waals surface area contributed by atoms with Gasteiger partial charge < -0.3 is 10.2 Å². The SMILES string of the molecule is O=c1[nH]c(=O)n(-c2cccc(Cl)c2)c(O)c1C=Nc1ccc(O)cc1. The molecule has 0 saturated carbocycles. The average Bonchev–Trinajstić information content (AvgIpc) is 2.56. The van der Waals surface area contributed by atoms with Crippen LogP contribution in [0.4, 0.5) is 5.69 Å². The number of nitrogens with one attached hydrogen (secondary N) is 1. The molecular weight excluding hydrogens is 346 g/mol. The lowest BCUT2D eigenvalue weighted by Crippen LogP contribution is -2.31. The maximum Gasteiger partial charge on any atom is 0.335 e. The van der Waals surface area contributed by atoms with E-state index < -0.39 is 17.1 Å². The summed E-state index contributed by atoms with van der Waals surface area (Å²) in [5.74, 6) is -0.479. The van der Waals surface area contributed by atoms with Crippen LogP contribution in [0.2, 0.25) is 5.02 Å². The molecule has 3 rings (SSSR count). The van der Waals surface area contributed by atoms with Crippen LogP contribution in [0.3, 0.4) is 0 Å². The van der Waals surface area contributed by atoms with Crippen molar-refractivity contribution in [1.29, 1.82) is 0 Å². The molecular formula is C17H12ClN3O4. The average molecular weight is 358 g/mol. The molecule has 3 N–H and O–H groups in total. The molecule has 0 fully saturated rings. The van der Waals surface area contributed by atoms with Gasteiger partial charge in [0, 0.05) is 11.2 Å². The predicted molar refractivity (Wildman–Crippen MR) is 94.7 cm³/mol. The Morgan fingerprint density at radius 2 is 1.80 bits per heavy atom. The molecule has 0 aliphatic heterocycles. The molecule has 0 spiro atoms. The van der Waals surface area contributed by atoms with E-state index in [4.69, 9.17) is 11.6 Å². The van der Waals surface area contributed by atoms with Gasteiger partial charge >= 0.3 is 5.69 Å². The molecule has 25 heavy (non-hydrogen) atoms. The van der Waals surface area contributed by atoms with E-state index in [1.54, 1.807) is 18.2 Å². The molecule has 8 heteroatoms. The first-order valence-electron chi connectivity index (χ1n) is 7.13. The predicted octanol–water partition coefficient (Wildman–Crippen LogP) is 2.34. The van der Waals surface area contributed by atoms with Gasteiger partial charge in [-0.25, -0.2) is 9.36 Å². The van der Waals surface area contributed by atoms with Gasteiger partial charge in [0.05, 0.1) is 11.4 Å². The number of phenols is 1. The van der Waals surface area contributed by atoms with Crippen molar-refractivity contribution in [2.75, 3.05) is 0 Å². The number of hydrogen-bond donors (Lipinski definition) is 3. The van der Waals surface area contributed by atoms with Crippen molar-refractivity contribution in [2.45, 2.75) is 0 Å². The van der Waals surface area contributed by atoms with Crippen LogP contribution in [0.1, 0.15) is 5.56 Å². The maximum absolute atomic E-state index is 12.1. The summed E-state index contributed by atoms with van der Waals surface area (Å²) in [6.45, 7) is 0. The second-order valence-corrected chi connectivity index (χ2v) is 5.52. The Morgan fingerprint density at radius 3 is 2.48 bits per heavy atom. The fourth-order valence-corrected chi connectivity index (χ4v) is 2.37. The molecule has 0 amide bonds. The fraction of sp³-hybridized carbons (Fsp3) is 0. The zero-order valence-electron chi connectivity index (χ0n) is 12.7. The molecule has 0 unspecified atom stereocenters. The van der Waals surface area contributed by atoms with Gasteiger partial charge in [-0.05, 0) is 42.5 Å². The lowest BCUT2D eigenvalue weighted by Gasteiger charge is -2.09. The number of halogens is 1. The molecule has 0 bridgehead atoms. The number of aliphatic imine (C=N–C) groups is 1. The lowest BCUT2D eigenvalue weighted by atomic mass is 10.2. The first-order chi connectivity index (χ1) is 12.0. The summed E-state index contributed by atoms with van der Waals surface area (Å²) in [6, 6.07) is 12.2. The van der Waals surface area contributed by atoms with E-state index in [-0.39, 0.29) is 11.3 Å². The Morgan fingerprint density at radius 1 is 1.08 bits per heavy atom. The third-order valence-corrected chi connectivity index (χ3v) is 3.61. The minimum Gasteiger partial charge on any atom is -0.508 e. The van der Waals surface area contributed by atoms with E-state index in [9.17, 15) is 19.8 Å². The van der Waals surface area contributed by atoms with Gasteiger partial charge in [-0.2, -0.15) is 0 Å². The van der Waals surface area contributed by atoms with Gasteiger partial charge in [0.25, 0.3) is 5.56 Å². The van der Waals surface area contributed by atoms with Crippen molar-refractivity contribution in [1.82, 2.24) is 9.55 Å². The van der Waals surface area contributed by atoms with E-state index in [2.05, 4.69) is 9.98 Å². The smallest absolute Gasteiger partial charge is 0.335 e. The standard InChI is InChI=1S/C17H12ClN3O4/c18-10-2-1-3-12(8-10)21-16(24)14(15(23)20-17(21)25)9-19-11-4-6-13(22)7-5-11/h1-9,22,24H,(H,20,23,25). The van der Waals surface area contributed by atoms with Crippen molar-refractivity contribution in [3.8, 4) is 17.3 Å². The van der Waals surface area contributed by atoms with Gasteiger partial charge in [-0.15, -0.1) is 0 Å². The van der Waals surface area contributed by atoms with Gasteiger partial charge in [0.15, 0.2) is 0 Å². The van der Waals surface area contributed by atoms with Crippen LogP contribution in [0.15, 0.2) is 63.1 Å². The molecule has 0 saturated heterocycles. The summed E-state index contributed by atoms with van der Waals surface area (Å²) in [7, 11) is 0. The molecule has 126 valence electrons. The van der Waals surface area contributed by atoms with Crippen LogP contribution in [0.25, 0.3) is 5.69 Å². The maximum atomic E-state index is 12.1. The van der Waals surface area contributed by atoms with Crippen LogP contribution in [0, 0.1) is 0 Å². The number of benzene rings is 2. The van der Waals surface area contributed by atoms with Crippen LogP contribution >= 0.6 is 11.6 Å². The van der Waals surface area contributed by atoms with Crippen molar-refractivity contribution in [3.05, 3.63) is 80.0 Å². The third-order valence-electron chi connectivity index (χ3n) is 3.38. The molecule has 1 heterocycles. The second-order valence-electron chi connectivity index (χ2n) is 5.09. The monoisotopic (exact) mass is 357 g/mol. The van der Waals surface area contributed by atoms with E-state index in [1.807, 2.05) is 0 Å². The summed E-state index contributed by atoms with van der Waals surface area (Å²) in [5, 5.41) is 20.0. The molecule has 0 aliphatic rings. The minimum atomic E-state index is -0.799. The molecule has 0 aliphatic carbocycles. The molecule has 2 aromatic carbocycles. The Labute approximate surface area is 146 Å². The van der Waals surface area contributed by atoms with E-state index in [0.29, 0.717) is 16.4 Å². The van der Waals surface area contributed by atoms with Crippen molar-refractivity contribution >= 4 is 23.5 Å². The number of hydrogen-bond acceptors (Lipinski definition) is 5. The molecule has 0 atom stereocenters. The third kappa shape index (κ3) is 3.46. The summed E-state index contributed by atoms with van der Waals surface area (Å²) < 4.78 is 0.922. The van der Waals surface area contributed by atoms with Gasteiger partial charge in [-0.1, -0.05) is 17.7 Å². The fourth-order valence-electron chi connectivity index (χ4n) is 2.19. The second kappa shape index (κ2) is 6.66. The van der Waals surface area contributed by atoms with Crippen molar-refractivity contribution in [2.24, 2.45) is 4.99 Å². The van der Waals surface area contributed by atoms with Gasteiger partial charge in [0.1, 0.15) is 11.3 Å². The molecule has 0 radical (unpaired) electrons. The normalized spacial score (nSPS) is 11.1. The summed E-state index contributed by atoms with van der Waals surface area (Å²) in [5.41, 5.74) is -1.01. The molecule has 3 aromatic rings. The van der Waals surface area contributed by atoms with Crippen LogP contribution < -0.4 is 11.2 Å². The highest BCUT2D eigenvalue weighted by Crippen LogP contribution is 2.20.